The molecule has 0 saturated carbocycles. The number of fused-ring (bicyclic) bond motifs is 1. The summed E-state index contributed by atoms with van der Waals surface area (Å²) in [5.74, 6) is 0.702. The number of aliphatic hydroxyl groups is 1. The van der Waals surface area contributed by atoms with Gasteiger partial charge in [-0.25, -0.2) is 4.98 Å². The molecule has 2 aromatic rings. The summed E-state index contributed by atoms with van der Waals surface area (Å²) in [5.41, 5.74) is 15.6. The zero-order valence-corrected chi connectivity index (χ0v) is 13.7. The summed E-state index contributed by atoms with van der Waals surface area (Å²) >= 11 is 0. The molecule has 3 rings (SSSR count). The summed E-state index contributed by atoms with van der Waals surface area (Å²) in [4.78, 5) is 17.6. The number of ether oxygens (including phenoxy) is 1. The van der Waals surface area contributed by atoms with Crippen LogP contribution in [0.3, 0.4) is 0 Å². The molecule has 3 N–H and O–H groups in total. The van der Waals surface area contributed by atoms with Crippen molar-refractivity contribution in [1.82, 2.24) is 19.5 Å². The van der Waals surface area contributed by atoms with Gasteiger partial charge in [0.25, 0.3) is 0 Å². The molecule has 1 aliphatic heterocycles. The lowest BCUT2D eigenvalue weighted by atomic mass is 10.1. The van der Waals surface area contributed by atoms with Gasteiger partial charge in [-0.2, -0.15) is 9.97 Å². The Labute approximate surface area is 143 Å². The van der Waals surface area contributed by atoms with E-state index in [0.717, 1.165) is 0 Å². The first kappa shape index (κ1) is 17.0. The molecular formula is C14H19N9O2. The first-order valence-electron chi connectivity index (χ1n) is 7.71. The summed E-state index contributed by atoms with van der Waals surface area (Å²) < 4.78 is 7.51. The van der Waals surface area contributed by atoms with Gasteiger partial charge >= 0.3 is 0 Å². The van der Waals surface area contributed by atoms with E-state index in [9.17, 15) is 5.11 Å². The highest BCUT2D eigenvalue weighted by atomic mass is 16.5. The van der Waals surface area contributed by atoms with Gasteiger partial charge in [0.1, 0.15) is 6.23 Å². The number of hydrogen-bond donors (Lipinski definition) is 2. The van der Waals surface area contributed by atoms with Gasteiger partial charge in [-0.05, 0) is 5.53 Å². The van der Waals surface area contributed by atoms with E-state index in [1.165, 1.54) is 0 Å². The lowest BCUT2D eigenvalue weighted by Crippen LogP contribution is -2.23. The number of imidazole rings is 1. The molecule has 0 aliphatic carbocycles. The van der Waals surface area contributed by atoms with Gasteiger partial charge in [0.15, 0.2) is 17.0 Å². The molecule has 0 radical (unpaired) electrons. The molecule has 0 spiro atoms. The number of anilines is 2. The van der Waals surface area contributed by atoms with Crippen molar-refractivity contribution in [1.29, 1.82) is 0 Å². The number of rotatable bonds is 6. The van der Waals surface area contributed by atoms with Gasteiger partial charge in [0.2, 0.25) is 5.95 Å². The van der Waals surface area contributed by atoms with Crippen molar-refractivity contribution in [3.63, 3.8) is 0 Å². The maximum Gasteiger partial charge on any atom is 0.224 e. The van der Waals surface area contributed by atoms with Crippen LogP contribution >= 0.6 is 0 Å². The van der Waals surface area contributed by atoms with E-state index in [0.29, 0.717) is 29.9 Å². The van der Waals surface area contributed by atoms with Gasteiger partial charge in [-0.15, -0.1) is 6.58 Å². The molecule has 1 saturated heterocycles. The first-order chi connectivity index (χ1) is 12.1. The number of aromatic nitrogens is 4. The Bertz CT molecular complexity index is 829. The molecule has 0 unspecified atom stereocenters. The summed E-state index contributed by atoms with van der Waals surface area (Å²) in [6, 6.07) is -0.459. The second-order valence-corrected chi connectivity index (χ2v) is 5.72. The van der Waals surface area contributed by atoms with E-state index in [1.807, 2.05) is 11.9 Å². The van der Waals surface area contributed by atoms with Gasteiger partial charge < -0.3 is 20.5 Å². The number of hydrogen-bond acceptors (Lipinski definition) is 8. The van der Waals surface area contributed by atoms with Crippen LogP contribution in [0.25, 0.3) is 21.6 Å². The minimum absolute atomic E-state index is 0.114. The number of nitrogens with two attached hydrogens (primary N) is 1. The fourth-order valence-corrected chi connectivity index (χ4v) is 2.91. The quantitative estimate of drug-likeness (QED) is 0.343. The van der Waals surface area contributed by atoms with Crippen LogP contribution in [0.15, 0.2) is 24.1 Å². The molecule has 2 aromatic heterocycles. The minimum Gasteiger partial charge on any atom is -0.394 e. The van der Waals surface area contributed by atoms with E-state index in [2.05, 4.69) is 31.6 Å². The monoisotopic (exact) mass is 345 g/mol. The van der Waals surface area contributed by atoms with Crippen LogP contribution in [0.2, 0.25) is 0 Å². The summed E-state index contributed by atoms with van der Waals surface area (Å²) in [6.45, 7) is 4.05. The van der Waals surface area contributed by atoms with E-state index in [1.54, 1.807) is 17.0 Å². The Morgan fingerprint density at radius 1 is 1.64 bits per heavy atom. The number of nitrogens with zero attached hydrogens (tertiary/aromatic N) is 8. The Kier molecular flexibility index (Phi) is 4.70. The van der Waals surface area contributed by atoms with Crippen molar-refractivity contribution in [2.45, 2.75) is 24.8 Å². The summed E-state index contributed by atoms with van der Waals surface area (Å²) in [5, 5.41) is 13.1. The summed E-state index contributed by atoms with van der Waals surface area (Å²) in [6.07, 6.45) is 2.70. The van der Waals surface area contributed by atoms with Crippen LogP contribution in [0.4, 0.5) is 11.8 Å². The topological polar surface area (TPSA) is 151 Å². The molecule has 0 bridgehead atoms. The fourth-order valence-electron chi connectivity index (χ4n) is 2.91. The highest BCUT2D eigenvalue weighted by molar-refractivity contribution is 5.84. The van der Waals surface area contributed by atoms with Crippen LogP contribution < -0.4 is 10.6 Å². The Hall–Kier alpha value is -2.88. The highest BCUT2D eigenvalue weighted by Gasteiger charge is 2.36. The van der Waals surface area contributed by atoms with Crippen molar-refractivity contribution in [3.8, 4) is 0 Å². The molecule has 11 nitrogen and oxygen atoms in total. The third kappa shape index (κ3) is 3.07. The lowest BCUT2D eigenvalue weighted by molar-refractivity contribution is -0.0232. The SMILES string of the molecule is C=CCN(C)c1nc(N)nc2c1ncn2[C@H]1C[C@H](N=[N+]=[N-])[C@@H](CO)O1. The van der Waals surface area contributed by atoms with Gasteiger partial charge in [-0.3, -0.25) is 4.57 Å². The van der Waals surface area contributed by atoms with Crippen molar-refractivity contribution >= 4 is 22.9 Å². The van der Waals surface area contributed by atoms with Crippen molar-refractivity contribution in [3.05, 3.63) is 29.4 Å². The molecule has 11 heteroatoms. The third-order valence-electron chi connectivity index (χ3n) is 4.08. The predicted octanol–water partition coefficient (Wildman–Crippen LogP) is 0.989. The van der Waals surface area contributed by atoms with Crippen LogP contribution in [-0.4, -0.2) is 57.0 Å². The normalized spacial score (nSPS) is 22.7. The molecule has 1 aliphatic rings. The van der Waals surface area contributed by atoms with E-state index < -0.39 is 18.4 Å². The Morgan fingerprint density at radius 2 is 2.44 bits per heavy atom. The van der Waals surface area contributed by atoms with E-state index in [4.69, 9.17) is 16.0 Å². The minimum atomic E-state index is -0.569. The molecule has 0 amide bonds. The number of nitrogen functional groups attached to an aromatic ring is 1. The average Bonchev–Trinajstić information content (AvgIpc) is 3.18. The zero-order chi connectivity index (χ0) is 18.0. The number of aliphatic hydroxyl groups excluding tert-OH is 1. The molecule has 132 valence electrons. The average molecular weight is 345 g/mol. The lowest BCUT2D eigenvalue weighted by Gasteiger charge is -2.17. The first-order valence-corrected chi connectivity index (χ1v) is 7.71. The molecule has 3 atom stereocenters. The Morgan fingerprint density at radius 3 is 3.12 bits per heavy atom. The van der Waals surface area contributed by atoms with Crippen molar-refractivity contribution in [2.24, 2.45) is 5.11 Å². The summed E-state index contributed by atoms with van der Waals surface area (Å²) in [7, 11) is 1.85. The second kappa shape index (κ2) is 6.93. The standard InChI is InChI=1S/C14H19N9O2/c1-3-4-22(2)12-11-13(19-14(15)18-12)23(7-17-11)10-5-8(20-21-16)9(6-24)25-10/h3,7-10,24H,1,4-6H2,2H3,(H2,15,18,19)/t8-,9+,10+/m0/s1. The second-order valence-electron chi connectivity index (χ2n) is 5.72. The number of likely N-dealkylation sites (N-methyl/N-ethyl adjacent to an activating group) is 1. The van der Waals surface area contributed by atoms with E-state index >= 15 is 0 Å². The number of azide groups is 1. The fraction of sp³-hybridized carbons (Fsp3) is 0.500. The van der Waals surface area contributed by atoms with Crippen molar-refractivity contribution < 1.29 is 9.84 Å². The van der Waals surface area contributed by atoms with Crippen molar-refractivity contribution in [2.75, 3.05) is 30.8 Å². The zero-order valence-electron chi connectivity index (χ0n) is 13.7. The van der Waals surface area contributed by atoms with Crippen LogP contribution in [0.5, 0.6) is 0 Å². The molecule has 3 heterocycles. The van der Waals surface area contributed by atoms with Gasteiger partial charge in [0.05, 0.1) is 25.1 Å². The van der Waals surface area contributed by atoms with Gasteiger partial charge in [-0.1, -0.05) is 11.2 Å². The third-order valence-corrected chi connectivity index (χ3v) is 4.08. The Balaban J connectivity index is 2.01. The highest BCUT2D eigenvalue weighted by Crippen LogP contribution is 2.34. The maximum atomic E-state index is 9.42. The van der Waals surface area contributed by atoms with Gasteiger partial charge in [0, 0.05) is 24.9 Å². The molecule has 25 heavy (non-hydrogen) atoms. The van der Waals surface area contributed by atoms with E-state index in [-0.39, 0.29) is 12.6 Å². The molecular weight excluding hydrogens is 326 g/mol. The smallest absolute Gasteiger partial charge is 0.224 e. The molecule has 0 aromatic carbocycles. The van der Waals surface area contributed by atoms with Crippen LogP contribution in [-0.2, 0) is 4.74 Å². The van der Waals surface area contributed by atoms with Crippen LogP contribution in [0.1, 0.15) is 12.6 Å². The maximum absolute atomic E-state index is 9.42. The predicted molar refractivity (Wildman–Crippen MR) is 91.7 cm³/mol. The van der Waals surface area contributed by atoms with Crippen LogP contribution in [0, 0.1) is 0 Å². The molecule has 1 fully saturated rings. The largest absolute Gasteiger partial charge is 0.394 e.